The third kappa shape index (κ3) is 5.12. The Kier molecular flexibility index (Phi) is 5.95. The molecule has 2 rings (SSSR count). The van der Waals surface area contributed by atoms with Crippen LogP contribution in [0.2, 0.25) is 0 Å². The van der Waals surface area contributed by atoms with E-state index in [9.17, 15) is 9.59 Å². The number of ether oxygens (including phenoxy) is 2. The molecule has 2 aromatic rings. The first-order chi connectivity index (χ1) is 11.5. The number of anilines is 1. The zero-order valence-electron chi connectivity index (χ0n) is 14.0. The highest BCUT2D eigenvalue weighted by atomic mass is 16.5. The largest absolute Gasteiger partial charge is 0.493 e. The molecule has 0 saturated heterocycles. The summed E-state index contributed by atoms with van der Waals surface area (Å²) in [4.78, 5) is 23.5. The number of para-hydroxylation sites is 2. The summed E-state index contributed by atoms with van der Waals surface area (Å²) in [5.74, 6) is 0.713. The van der Waals surface area contributed by atoms with Crippen LogP contribution in [0.15, 0.2) is 48.5 Å². The third-order valence-corrected chi connectivity index (χ3v) is 3.07. The highest BCUT2D eigenvalue weighted by Gasteiger charge is 2.12. The molecule has 2 aromatic carbocycles. The van der Waals surface area contributed by atoms with Gasteiger partial charge in [0.1, 0.15) is 5.75 Å². The Morgan fingerprint density at radius 2 is 1.71 bits per heavy atom. The van der Waals surface area contributed by atoms with Gasteiger partial charge in [0.25, 0.3) is 0 Å². The van der Waals surface area contributed by atoms with E-state index in [1.54, 1.807) is 48.5 Å². The Morgan fingerprint density at radius 1 is 1.04 bits per heavy atom. The van der Waals surface area contributed by atoms with Gasteiger partial charge in [0.2, 0.25) is 5.91 Å². The number of amides is 1. The van der Waals surface area contributed by atoms with Crippen LogP contribution < -0.4 is 14.8 Å². The molecule has 0 radical (unpaired) electrons. The lowest BCUT2D eigenvalue weighted by Crippen LogP contribution is -2.12. The molecule has 0 bridgehead atoms. The Morgan fingerprint density at radius 3 is 2.33 bits per heavy atom. The number of hydrogen-bond donors (Lipinski definition) is 1. The van der Waals surface area contributed by atoms with Gasteiger partial charge in [-0.25, -0.2) is 4.79 Å². The predicted octanol–water partition coefficient (Wildman–Crippen LogP) is 3.90. The maximum atomic E-state index is 12.3. The van der Waals surface area contributed by atoms with Gasteiger partial charge in [0, 0.05) is 6.92 Å². The fourth-order valence-corrected chi connectivity index (χ4v) is 1.96. The average Bonchev–Trinajstić information content (AvgIpc) is 2.54. The number of hydrogen-bond acceptors (Lipinski definition) is 4. The maximum Gasteiger partial charge on any atom is 0.343 e. The first-order valence-electron chi connectivity index (χ1n) is 7.77. The van der Waals surface area contributed by atoms with E-state index in [-0.39, 0.29) is 5.91 Å². The van der Waals surface area contributed by atoms with Crippen LogP contribution in [0.3, 0.4) is 0 Å². The molecule has 0 unspecified atom stereocenters. The van der Waals surface area contributed by atoms with Gasteiger partial charge >= 0.3 is 5.97 Å². The summed E-state index contributed by atoms with van der Waals surface area (Å²) in [6.45, 7) is 6.15. The highest BCUT2D eigenvalue weighted by molar-refractivity contribution is 5.94. The molecule has 0 saturated carbocycles. The second-order valence-corrected chi connectivity index (χ2v) is 5.80. The molecule has 0 atom stereocenters. The van der Waals surface area contributed by atoms with Crippen molar-refractivity contribution in [3.05, 3.63) is 54.1 Å². The van der Waals surface area contributed by atoms with E-state index in [2.05, 4.69) is 19.2 Å². The predicted molar refractivity (Wildman–Crippen MR) is 92.5 cm³/mol. The zero-order valence-corrected chi connectivity index (χ0v) is 14.0. The van der Waals surface area contributed by atoms with Crippen LogP contribution in [0, 0.1) is 5.92 Å². The van der Waals surface area contributed by atoms with Crippen LogP contribution in [0.25, 0.3) is 0 Å². The normalized spacial score (nSPS) is 10.3. The summed E-state index contributed by atoms with van der Waals surface area (Å²) in [7, 11) is 0. The van der Waals surface area contributed by atoms with Gasteiger partial charge in [-0.05, 0) is 42.3 Å². The summed E-state index contributed by atoms with van der Waals surface area (Å²) in [6, 6.07) is 13.6. The maximum absolute atomic E-state index is 12.3. The number of carbonyl (C=O) groups is 2. The van der Waals surface area contributed by atoms with E-state index in [4.69, 9.17) is 9.47 Å². The van der Waals surface area contributed by atoms with Crippen LogP contribution >= 0.6 is 0 Å². The van der Waals surface area contributed by atoms with E-state index in [1.807, 2.05) is 0 Å². The minimum absolute atomic E-state index is 0.231. The molecule has 0 fully saturated rings. The Labute approximate surface area is 141 Å². The van der Waals surface area contributed by atoms with Crippen molar-refractivity contribution >= 4 is 17.6 Å². The van der Waals surface area contributed by atoms with E-state index in [0.29, 0.717) is 35.3 Å². The second-order valence-electron chi connectivity index (χ2n) is 5.80. The van der Waals surface area contributed by atoms with Crippen molar-refractivity contribution in [2.24, 2.45) is 5.92 Å². The van der Waals surface area contributed by atoms with E-state index < -0.39 is 5.97 Å². The molecule has 0 aromatic heterocycles. The summed E-state index contributed by atoms with van der Waals surface area (Å²) in [6.07, 6.45) is 0. The number of nitrogens with one attached hydrogen (secondary N) is 1. The molecule has 24 heavy (non-hydrogen) atoms. The van der Waals surface area contributed by atoms with Crippen LogP contribution in [-0.2, 0) is 4.79 Å². The monoisotopic (exact) mass is 327 g/mol. The highest BCUT2D eigenvalue weighted by Crippen LogP contribution is 2.25. The lowest BCUT2D eigenvalue weighted by atomic mass is 10.2. The van der Waals surface area contributed by atoms with Crippen molar-refractivity contribution in [3.63, 3.8) is 0 Å². The van der Waals surface area contributed by atoms with Crippen molar-refractivity contribution in [1.29, 1.82) is 0 Å². The zero-order chi connectivity index (χ0) is 17.5. The SMILES string of the molecule is CC(=O)Nc1ccccc1OC(=O)c1ccc(OCC(C)C)cc1. The lowest BCUT2D eigenvalue weighted by molar-refractivity contribution is -0.114. The van der Waals surface area contributed by atoms with Gasteiger partial charge in [-0.1, -0.05) is 26.0 Å². The van der Waals surface area contributed by atoms with Crippen LogP contribution in [0.4, 0.5) is 5.69 Å². The summed E-state index contributed by atoms with van der Waals surface area (Å²) >= 11 is 0. The number of carbonyl (C=O) groups excluding carboxylic acids is 2. The minimum Gasteiger partial charge on any atom is -0.493 e. The molecule has 1 amide bonds. The summed E-state index contributed by atoms with van der Waals surface area (Å²) < 4.78 is 11.0. The van der Waals surface area contributed by atoms with Crippen LogP contribution in [0.5, 0.6) is 11.5 Å². The second kappa shape index (κ2) is 8.15. The minimum atomic E-state index is -0.497. The van der Waals surface area contributed by atoms with Gasteiger partial charge in [-0.2, -0.15) is 0 Å². The lowest BCUT2D eigenvalue weighted by Gasteiger charge is -2.11. The fourth-order valence-electron chi connectivity index (χ4n) is 1.96. The summed E-state index contributed by atoms with van der Waals surface area (Å²) in [5, 5.41) is 2.63. The summed E-state index contributed by atoms with van der Waals surface area (Å²) in [5.41, 5.74) is 0.861. The van der Waals surface area contributed by atoms with Crippen molar-refractivity contribution in [3.8, 4) is 11.5 Å². The molecule has 0 aliphatic rings. The molecular weight excluding hydrogens is 306 g/mol. The van der Waals surface area contributed by atoms with E-state index in [0.717, 1.165) is 0 Å². The molecule has 5 nitrogen and oxygen atoms in total. The Balaban J connectivity index is 2.06. The average molecular weight is 327 g/mol. The van der Waals surface area contributed by atoms with Crippen LogP contribution in [0.1, 0.15) is 31.1 Å². The topological polar surface area (TPSA) is 64.6 Å². The van der Waals surface area contributed by atoms with Gasteiger partial charge in [0.15, 0.2) is 5.75 Å². The molecular formula is C19H21NO4. The van der Waals surface area contributed by atoms with Gasteiger partial charge in [0.05, 0.1) is 17.9 Å². The van der Waals surface area contributed by atoms with E-state index in [1.165, 1.54) is 6.92 Å². The smallest absolute Gasteiger partial charge is 0.343 e. The fraction of sp³-hybridized carbons (Fsp3) is 0.263. The van der Waals surface area contributed by atoms with Gasteiger partial charge in [-0.15, -0.1) is 0 Å². The van der Waals surface area contributed by atoms with Gasteiger partial charge in [-0.3, -0.25) is 4.79 Å². The molecule has 1 N–H and O–H groups in total. The molecule has 0 heterocycles. The molecule has 0 aliphatic carbocycles. The quantitative estimate of drug-likeness (QED) is 0.645. The van der Waals surface area contributed by atoms with Crippen molar-refractivity contribution in [2.75, 3.05) is 11.9 Å². The first kappa shape index (κ1) is 17.5. The number of rotatable bonds is 6. The van der Waals surface area contributed by atoms with Crippen molar-refractivity contribution < 1.29 is 19.1 Å². The number of benzene rings is 2. The molecule has 5 heteroatoms. The Bertz CT molecular complexity index is 708. The molecule has 0 aliphatic heterocycles. The van der Waals surface area contributed by atoms with Crippen molar-refractivity contribution in [2.45, 2.75) is 20.8 Å². The molecule has 126 valence electrons. The van der Waals surface area contributed by atoms with Crippen molar-refractivity contribution in [1.82, 2.24) is 0 Å². The first-order valence-corrected chi connectivity index (χ1v) is 7.77. The molecule has 0 spiro atoms. The van der Waals surface area contributed by atoms with Gasteiger partial charge < -0.3 is 14.8 Å². The third-order valence-electron chi connectivity index (χ3n) is 3.07. The van der Waals surface area contributed by atoms with E-state index >= 15 is 0 Å². The van der Waals surface area contributed by atoms with Crippen LogP contribution in [-0.4, -0.2) is 18.5 Å². The standard InChI is InChI=1S/C19H21NO4/c1-13(2)12-23-16-10-8-15(9-11-16)19(22)24-18-7-5-4-6-17(18)20-14(3)21/h4-11,13H,12H2,1-3H3,(H,20,21). The number of esters is 1. The Hall–Kier alpha value is -2.82.